The molecule has 1 heterocycles. The number of anilines is 3. The molecule has 8 aromatic rings. The summed E-state index contributed by atoms with van der Waals surface area (Å²) in [6.45, 7) is 0. The number of aromatic amines is 1. The number of aromatic nitrogens is 1. The predicted molar refractivity (Wildman–Crippen MR) is 182 cm³/mol. The topological polar surface area (TPSA) is 36.1 Å². The second-order valence-corrected chi connectivity index (χ2v) is 12.3. The van der Waals surface area contributed by atoms with E-state index in [0.29, 0.717) is 0 Å². The van der Waals surface area contributed by atoms with Gasteiger partial charge in [-0.25, -0.2) is 0 Å². The van der Waals surface area contributed by atoms with Gasteiger partial charge in [0.05, 0.1) is 10.8 Å². The minimum Gasteiger partial charge on any atom is -0.354 e. The Bertz CT molecular complexity index is 2220. The lowest BCUT2D eigenvalue weighted by Crippen LogP contribution is -2.10. The third kappa shape index (κ3) is 4.39. The van der Waals surface area contributed by atoms with Gasteiger partial charge in [0.1, 0.15) is 0 Å². The summed E-state index contributed by atoms with van der Waals surface area (Å²) in [7, 11) is -1.17. The number of nitrogens with zero attached hydrogens (tertiary/aromatic N) is 1. The molecule has 0 fully saturated rings. The van der Waals surface area contributed by atoms with Crippen LogP contribution in [0.4, 0.5) is 17.1 Å². The van der Waals surface area contributed by atoms with E-state index in [9.17, 15) is 4.21 Å². The Labute approximate surface area is 252 Å². The molecule has 3 nitrogen and oxygen atoms in total. The largest absolute Gasteiger partial charge is 0.354 e. The Morgan fingerprint density at radius 2 is 1.05 bits per heavy atom. The van der Waals surface area contributed by atoms with Crippen molar-refractivity contribution in [1.29, 1.82) is 0 Å². The summed E-state index contributed by atoms with van der Waals surface area (Å²) in [4.78, 5) is 6.79. The van der Waals surface area contributed by atoms with E-state index in [2.05, 4.69) is 131 Å². The third-order valence-electron chi connectivity index (χ3n) is 8.28. The van der Waals surface area contributed by atoms with Gasteiger partial charge in [0, 0.05) is 50.0 Å². The van der Waals surface area contributed by atoms with E-state index < -0.39 is 10.8 Å². The number of hydrogen-bond donors (Lipinski definition) is 1. The number of benzene rings is 7. The molecule has 4 heteroatoms. The molecule has 0 saturated heterocycles. The van der Waals surface area contributed by atoms with Gasteiger partial charge < -0.3 is 9.88 Å². The first-order valence-corrected chi connectivity index (χ1v) is 15.9. The smallest absolute Gasteiger partial charge is 0.0504 e. The number of rotatable bonds is 6. The van der Waals surface area contributed by atoms with Crippen molar-refractivity contribution in [1.82, 2.24) is 4.98 Å². The van der Waals surface area contributed by atoms with Gasteiger partial charge in [0.2, 0.25) is 0 Å². The highest BCUT2D eigenvalue weighted by atomic mass is 32.2. The molecule has 206 valence electrons. The lowest BCUT2D eigenvalue weighted by Gasteiger charge is -2.26. The summed E-state index contributed by atoms with van der Waals surface area (Å²) in [5.74, 6) is 0. The predicted octanol–water partition coefficient (Wildman–Crippen LogP) is 10.5. The minimum absolute atomic E-state index is 0.819. The van der Waals surface area contributed by atoms with Gasteiger partial charge >= 0.3 is 0 Å². The van der Waals surface area contributed by atoms with Gasteiger partial charge in [-0.05, 0) is 99.8 Å². The van der Waals surface area contributed by atoms with Gasteiger partial charge in [-0.2, -0.15) is 0 Å². The van der Waals surface area contributed by atoms with Crippen molar-refractivity contribution < 1.29 is 4.21 Å². The molecule has 1 atom stereocenters. The first-order chi connectivity index (χ1) is 21.1. The molecule has 0 radical (unpaired) electrons. The fourth-order valence-electron chi connectivity index (χ4n) is 6.36. The molecule has 0 spiro atoms. The van der Waals surface area contributed by atoms with Crippen molar-refractivity contribution in [2.45, 2.75) is 4.90 Å². The van der Waals surface area contributed by atoms with E-state index >= 15 is 0 Å². The highest BCUT2D eigenvalue weighted by molar-refractivity contribution is 7.84. The summed E-state index contributed by atoms with van der Waals surface area (Å²) < 4.78 is 13.1. The van der Waals surface area contributed by atoms with Crippen LogP contribution in [0.25, 0.3) is 54.8 Å². The maximum Gasteiger partial charge on any atom is 0.0504 e. The van der Waals surface area contributed by atoms with E-state index in [1.54, 1.807) is 6.26 Å². The van der Waals surface area contributed by atoms with E-state index in [0.717, 1.165) is 44.1 Å². The summed E-state index contributed by atoms with van der Waals surface area (Å²) in [5.41, 5.74) is 9.76. The van der Waals surface area contributed by atoms with E-state index in [4.69, 9.17) is 0 Å². The standard InChI is InChI=1S/C39H28N2OS/c1-43(42)37-20-19-33(41(31-13-7-3-8-14-31)32-15-9-4-10-16-32)25-34(37)30-22-28-18-17-27-21-29(26-11-5-2-6-12-26)23-35-38(27)39(28)36(24-30)40-35/h2-25,40H,1H3. The van der Waals surface area contributed by atoms with Crippen LogP contribution in [0, 0.1) is 0 Å². The van der Waals surface area contributed by atoms with Crippen LogP contribution < -0.4 is 4.90 Å². The second kappa shape index (κ2) is 10.3. The van der Waals surface area contributed by atoms with Crippen LogP contribution >= 0.6 is 0 Å². The molecular formula is C39H28N2OS. The fourth-order valence-corrected chi connectivity index (χ4v) is 7.11. The average molecular weight is 573 g/mol. The van der Waals surface area contributed by atoms with Crippen LogP contribution in [0.15, 0.2) is 150 Å². The van der Waals surface area contributed by atoms with Crippen LogP contribution in [0.5, 0.6) is 0 Å². The van der Waals surface area contributed by atoms with Gasteiger partial charge in [-0.15, -0.1) is 0 Å². The molecule has 0 bridgehead atoms. The number of nitrogens with one attached hydrogen (secondary N) is 1. The highest BCUT2D eigenvalue weighted by Gasteiger charge is 2.19. The van der Waals surface area contributed by atoms with Gasteiger partial charge in [0.25, 0.3) is 0 Å². The molecule has 1 N–H and O–H groups in total. The zero-order chi connectivity index (χ0) is 28.9. The Kier molecular flexibility index (Phi) is 6.09. The molecule has 0 aliphatic rings. The Morgan fingerprint density at radius 1 is 0.512 bits per heavy atom. The number of hydrogen-bond acceptors (Lipinski definition) is 2. The van der Waals surface area contributed by atoms with Crippen molar-refractivity contribution in [2.75, 3.05) is 11.2 Å². The molecule has 0 saturated carbocycles. The lowest BCUT2D eigenvalue weighted by molar-refractivity contribution is 0.687. The summed E-state index contributed by atoms with van der Waals surface area (Å²) in [6.07, 6.45) is 1.76. The first kappa shape index (κ1) is 25.5. The Morgan fingerprint density at radius 3 is 1.63 bits per heavy atom. The van der Waals surface area contributed by atoms with E-state index in [-0.39, 0.29) is 0 Å². The van der Waals surface area contributed by atoms with Crippen LogP contribution in [-0.2, 0) is 10.8 Å². The fraction of sp³-hybridized carbons (Fsp3) is 0.0256. The minimum atomic E-state index is -1.17. The second-order valence-electron chi connectivity index (χ2n) is 10.9. The van der Waals surface area contributed by atoms with Crippen molar-refractivity contribution in [2.24, 2.45) is 0 Å². The van der Waals surface area contributed by atoms with Gasteiger partial charge in [0.15, 0.2) is 0 Å². The van der Waals surface area contributed by atoms with Crippen molar-refractivity contribution in [3.8, 4) is 22.3 Å². The maximum absolute atomic E-state index is 13.1. The van der Waals surface area contributed by atoms with Gasteiger partial charge in [-0.1, -0.05) is 78.9 Å². The summed E-state index contributed by atoms with van der Waals surface area (Å²) in [6, 6.07) is 51.0. The lowest BCUT2D eigenvalue weighted by atomic mass is 9.95. The number of para-hydroxylation sites is 2. The Balaban J connectivity index is 1.33. The maximum atomic E-state index is 13.1. The molecule has 0 aliphatic carbocycles. The van der Waals surface area contributed by atoms with Crippen LogP contribution in [0.3, 0.4) is 0 Å². The molecule has 7 aromatic carbocycles. The monoisotopic (exact) mass is 572 g/mol. The van der Waals surface area contributed by atoms with Crippen molar-refractivity contribution in [3.05, 3.63) is 146 Å². The number of H-pyrrole nitrogens is 1. The molecular weight excluding hydrogens is 545 g/mol. The van der Waals surface area contributed by atoms with Crippen LogP contribution in [0.2, 0.25) is 0 Å². The molecule has 0 amide bonds. The summed E-state index contributed by atoms with van der Waals surface area (Å²) >= 11 is 0. The SMILES string of the molecule is CS(=O)c1ccc(N(c2ccccc2)c2ccccc2)cc1-c1cc2ccc3cc(-c4ccccc4)cc4[nH]c(c1)c2c34. The molecule has 1 aromatic heterocycles. The quantitative estimate of drug-likeness (QED) is 0.201. The van der Waals surface area contributed by atoms with Crippen LogP contribution in [0.1, 0.15) is 0 Å². The zero-order valence-electron chi connectivity index (χ0n) is 23.6. The van der Waals surface area contributed by atoms with Crippen molar-refractivity contribution in [3.63, 3.8) is 0 Å². The highest BCUT2D eigenvalue weighted by Crippen LogP contribution is 2.42. The Hall–Kier alpha value is -5.19. The van der Waals surface area contributed by atoms with E-state index in [1.807, 2.05) is 24.3 Å². The third-order valence-corrected chi connectivity index (χ3v) is 9.25. The normalized spacial score (nSPS) is 12.3. The average Bonchev–Trinajstić information content (AvgIpc) is 3.44. The van der Waals surface area contributed by atoms with Crippen LogP contribution in [-0.4, -0.2) is 15.4 Å². The van der Waals surface area contributed by atoms with Gasteiger partial charge in [-0.3, -0.25) is 4.21 Å². The molecule has 1 unspecified atom stereocenters. The van der Waals surface area contributed by atoms with E-state index in [1.165, 1.54) is 32.7 Å². The molecule has 0 aliphatic heterocycles. The van der Waals surface area contributed by atoms with Crippen molar-refractivity contribution >= 4 is 60.4 Å². The first-order valence-electron chi connectivity index (χ1n) is 14.4. The zero-order valence-corrected chi connectivity index (χ0v) is 24.4. The summed E-state index contributed by atoms with van der Waals surface area (Å²) in [5, 5.41) is 4.88. The molecule has 8 rings (SSSR count). The molecule has 43 heavy (non-hydrogen) atoms.